The van der Waals surface area contributed by atoms with Gasteiger partial charge in [-0.2, -0.15) is 0 Å². The van der Waals surface area contributed by atoms with Gasteiger partial charge < -0.3 is 10.2 Å². The number of benzene rings is 2. The third kappa shape index (κ3) is 3.21. The summed E-state index contributed by atoms with van der Waals surface area (Å²) in [6, 6.07) is 13.7. The number of carbonyl (C=O) groups excluding carboxylic acids is 2. The van der Waals surface area contributed by atoms with Crippen molar-refractivity contribution in [2.75, 3.05) is 16.8 Å². The quantitative estimate of drug-likeness (QED) is 0.851. The number of nitrogens with zero attached hydrogens (tertiary/aromatic N) is 1. The molecule has 2 aromatic carbocycles. The average molecular weight is 399 g/mol. The summed E-state index contributed by atoms with van der Waals surface area (Å²) in [6.45, 7) is 0.438. The van der Waals surface area contributed by atoms with Gasteiger partial charge in [-0.15, -0.1) is 0 Å². The van der Waals surface area contributed by atoms with Crippen molar-refractivity contribution in [3.8, 4) is 0 Å². The minimum atomic E-state index is -0.326. The fraction of sp³-hybridized carbons (Fsp3) is 0.300. The lowest BCUT2D eigenvalue weighted by Crippen LogP contribution is -2.28. The van der Waals surface area contributed by atoms with Gasteiger partial charge in [0.25, 0.3) is 0 Å². The summed E-state index contributed by atoms with van der Waals surface area (Å²) < 4.78 is 0.836. The largest absolute Gasteiger partial charge is 0.325 e. The second-order valence-electron chi connectivity index (χ2n) is 6.68. The summed E-state index contributed by atoms with van der Waals surface area (Å²) in [7, 11) is 0. The monoisotopic (exact) mass is 398 g/mol. The van der Waals surface area contributed by atoms with Crippen LogP contribution in [-0.4, -0.2) is 18.4 Å². The fourth-order valence-electron chi connectivity index (χ4n) is 3.66. The molecule has 4 nitrogen and oxygen atoms in total. The van der Waals surface area contributed by atoms with Crippen LogP contribution in [0.1, 0.15) is 24.0 Å². The Hall–Kier alpha value is -2.14. The average Bonchev–Trinajstić information content (AvgIpc) is 3.22. The van der Waals surface area contributed by atoms with E-state index in [-0.39, 0.29) is 24.2 Å². The molecule has 1 fully saturated rings. The second-order valence-corrected chi connectivity index (χ2v) is 7.54. The van der Waals surface area contributed by atoms with E-state index in [2.05, 4.69) is 33.4 Å². The summed E-state index contributed by atoms with van der Waals surface area (Å²) in [6.07, 6.45) is 3.65. The number of anilines is 2. The Balaban J connectivity index is 1.48. The summed E-state index contributed by atoms with van der Waals surface area (Å²) in [4.78, 5) is 26.8. The number of hydrogen-bond donors (Lipinski definition) is 1. The van der Waals surface area contributed by atoms with E-state index < -0.39 is 0 Å². The highest BCUT2D eigenvalue weighted by atomic mass is 79.9. The van der Waals surface area contributed by atoms with E-state index in [1.165, 1.54) is 17.5 Å². The minimum Gasteiger partial charge on any atom is -0.325 e. The smallest absolute Gasteiger partial charge is 0.229 e. The molecule has 1 aliphatic carbocycles. The number of halogens is 1. The van der Waals surface area contributed by atoms with Crippen molar-refractivity contribution in [1.29, 1.82) is 0 Å². The Labute approximate surface area is 155 Å². The van der Waals surface area contributed by atoms with Crippen molar-refractivity contribution in [1.82, 2.24) is 0 Å². The molecular formula is C20H19BrN2O2. The highest BCUT2D eigenvalue weighted by Gasteiger charge is 2.35. The molecule has 4 rings (SSSR count). The third-order valence-electron chi connectivity index (χ3n) is 5.02. The van der Waals surface area contributed by atoms with Crippen LogP contribution >= 0.6 is 15.9 Å². The molecule has 0 saturated carbocycles. The molecule has 0 aromatic heterocycles. The van der Waals surface area contributed by atoms with Crippen molar-refractivity contribution in [3.05, 3.63) is 58.1 Å². The topological polar surface area (TPSA) is 49.4 Å². The van der Waals surface area contributed by atoms with Crippen LogP contribution in [0, 0.1) is 5.92 Å². The van der Waals surface area contributed by atoms with Crippen LogP contribution in [0.2, 0.25) is 0 Å². The van der Waals surface area contributed by atoms with E-state index in [9.17, 15) is 9.59 Å². The molecular weight excluding hydrogens is 380 g/mol. The van der Waals surface area contributed by atoms with Crippen LogP contribution in [0.15, 0.2) is 46.9 Å². The Morgan fingerprint density at radius 2 is 1.92 bits per heavy atom. The van der Waals surface area contributed by atoms with E-state index >= 15 is 0 Å². The highest BCUT2D eigenvalue weighted by molar-refractivity contribution is 9.10. The van der Waals surface area contributed by atoms with Crippen molar-refractivity contribution in [3.63, 3.8) is 0 Å². The predicted molar refractivity (Wildman–Crippen MR) is 102 cm³/mol. The first-order chi connectivity index (χ1) is 12.1. The van der Waals surface area contributed by atoms with Gasteiger partial charge in [-0.05, 0) is 70.6 Å². The van der Waals surface area contributed by atoms with Crippen LogP contribution in [0.25, 0.3) is 0 Å². The Morgan fingerprint density at radius 3 is 2.76 bits per heavy atom. The fourth-order valence-corrected chi connectivity index (χ4v) is 4.04. The molecule has 1 unspecified atom stereocenters. The molecule has 1 aliphatic heterocycles. The molecule has 1 heterocycles. The molecule has 0 radical (unpaired) electrons. The minimum absolute atomic E-state index is 0.0187. The van der Waals surface area contributed by atoms with Crippen molar-refractivity contribution >= 4 is 39.1 Å². The number of hydrogen-bond acceptors (Lipinski definition) is 2. The van der Waals surface area contributed by atoms with Gasteiger partial charge in [-0.1, -0.05) is 18.2 Å². The van der Waals surface area contributed by atoms with E-state index in [0.29, 0.717) is 6.54 Å². The molecule has 2 amide bonds. The molecule has 128 valence electrons. The molecule has 2 aromatic rings. The van der Waals surface area contributed by atoms with E-state index in [4.69, 9.17) is 0 Å². The molecule has 1 atom stereocenters. The molecule has 0 bridgehead atoms. The molecule has 0 spiro atoms. The van der Waals surface area contributed by atoms with Gasteiger partial charge in [0, 0.05) is 23.1 Å². The van der Waals surface area contributed by atoms with E-state index in [1.54, 1.807) is 4.90 Å². The third-order valence-corrected chi connectivity index (χ3v) is 5.71. The SMILES string of the molecule is O=C(Nc1ccccc1Br)C1CC(=O)N(c2ccc3c(c2)CCC3)C1. The van der Waals surface area contributed by atoms with Crippen LogP contribution in [0.3, 0.4) is 0 Å². The highest BCUT2D eigenvalue weighted by Crippen LogP contribution is 2.31. The zero-order chi connectivity index (χ0) is 17.4. The molecule has 25 heavy (non-hydrogen) atoms. The maximum atomic E-state index is 12.6. The molecule has 1 N–H and O–H groups in total. The lowest BCUT2D eigenvalue weighted by molar-refractivity contribution is -0.122. The van der Waals surface area contributed by atoms with Crippen LogP contribution in [0.5, 0.6) is 0 Å². The predicted octanol–water partition coefficient (Wildman–Crippen LogP) is 3.93. The normalized spacial score (nSPS) is 19.2. The maximum Gasteiger partial charge on any atom is 0.229 e. The first-order valence-corrected chi connectivity index (χ1v) is 9.38. The number of para-hydroxylation sites is 1. The first-order valence-electron chi connectivity index (χ1n) is 8.59. The van der Waals surface area contributed by atoms with Gasteiger partial charge in [0.1, 0.15) is 0 Å². The number of fused-ring (bicyclic) bond motifs is 1. The summed E-state index contributed by atoms with van der Waals surface area (Å²) in [5, 5.41) is 2.92. The van der Waals surface area contributed by atoms with Gasteiger partial charge in [0.2, 0.25) is 11.8 Å². The Kier molecular flexibility index (Phi) is 4.34. The van der Waals surface area contributed by atoms with Crippen LogP contribution in [-0.2, 0) is 22.4 Å². The van der Waals surface area contributed by atoms with Gasteiger partial charge in [-0.25, -0.2) is 0 Å². The van der Waals surface area contributed by atoms with Crippen LogP contribution < -0.4 is 10.2 Å². The van der Waals surface area contributed by atoms with E-state index in [1.807, 2.05) is 30.3 Å². The molecule has 2 aliphatic rings. The zero-order valence-electron chi connectivity index (χ0n) is 13.8. The molecule has 1 saturated heterocycles. The number of amides is 2. The number of rotatable bonds is 3. The zero-order valence-corrected chi connectivity index (χ0v) is 15.4. The maximum absolute atomic E-state index is 12.6. The van der Waals surface area contributed by atoms with Crippen molar-refractivity contribution in [2.24, 2.45) is 5.92 Å². The van der Waals surface area contributed by atoms with E-state index in [0.717, 1.165) is 28.7 Å². The van der Waals surface area contributed by atoms with Crippen molar-refractivity contribution < 1.29 is 9.59 Å². The van der Waals surface area contributed by atoms with Gasteiger partial charge in [0.05, 0.1) is 11.6 Å². The lowest BCUT2D eigenvalue weighted by Gasteiger charge is -2.18. The standard InChI is InChI=1S/C20H19BrN2O2/c21-17-6-1-2-7-18(17)22-20(25)15-11-19(24)23(12-15)16-9-8-13-4-3-5-14(13)10-16/h1-2,6-10,15H,3-5,11-12H2,(H,22,25). The Morgan fingerprint density at radius 1 is 1.12 bits per heavy atom. The number of carbonyl (C=O) groups is 2. The van der Waals surface area contributed by atoms with Crippen LogP contribution in [0.4, 0.5) is 11.4 Å². The summed E-state index contributed by atoms with van der Waals surface area (Å²) >= 11 is 3.43. The Bertz CT molecular complexity index is 849. The number of nitrogens with one attached hydrogen (secondary N) is 1. The summed E-state index contributed by atoms with van der Waals surface area (Å²) in [5.74, 6) is -0.415. The number of aryl methyl sites for hydroxylation is 2. The first kappa shape index (κ1) is 16.3. The summed E-state index contributed by atoms with van der Waals surface area (Å²) in [5.41, 5.74) is 4.38. The lowest BCUT2D eigenvalue weighted by atomic mass is 10.1. The van der Waals surface area contributed by atoms with Crippen molar-refractivity contribution in [2.45, 2.75) is 25.7 Å². The molecule has 5 heteroatoms. The van der Waals surface area contributed by atoms with Gasteiger partial charge >= 0.3 is 0 Å². The van der Waals surface area contributed by atoms with Gasteiger partial charge in [-0.3, -0.25) is 9.59 Å². The second kappa shape index (κ2) is 6.64. The van der Waals surface area contributed by atoms with Gasteiger partial charge in [0.15, 0.2) is 0 Å².